The number of aliphatic hydroxyl groups excluding tert-OH is 1. The van der Waals surface area contributed by atoms with Gasteiger partial charge in [0.15, 0.2) is 0 Å². The summed E-state index contributed by atoms with van der Waals surface area (Å²) in [6.07, 6.45) is -2.67. The van der Waals surface area contributed by atoms with Crippen molar-refractivity contribution >= 4 is 10.9 Å². The van der Waals surface area contributed by atoms with Gasteiger partial charge in [0.1, 0.15) is 0 Å². The van der Waals surface area contributed by atoms with Crippen molar-refractivity contribution in [3.05, 3.63) is 35.5 Å². The second kappa shape index (κ2) is 5.13. The third-order valence-electron chi connectivity index (χ3n) is 3.55. The molecule has 2 aromatic rings. The molecule has 0 aliphatic heterocycles. The van der Waals surface area contributed by atoms with E-state index in [2.05, 4.69) is 0 Å². The van der Waals surface area contributed by atoms with Crippen LogP contribution in [0.3, 0.4) is 0 Å². The molecule has 0 aliphatic carbocycles. The first kappa shape index (κ1) is 14.9. The highest BCUT2D eigenvalue weighted by Crippen LogP contribution is 2.40. The fourth-order valence-corrected chi connectivity index (χ4v) is 2.48. The molecule has 1 atom stereocenters. The zero-order valence-electron chi connectivity index (χ0n) is 11.7. The Bertz CT molecular complexity index is 613. The van der Waals surface area contributed by atoms with Crippen molar-refractivity contribution in [3.63, 3.8) is 0 Å². The molecular formula is C15H18F3NO. The van der Waals surface area contributed by atoms with Crippen LogP contribution in [0.15, 0.2) is 24.4 Å². The molecule has 1 aromatic heterocycles. The van der Waals surface area contributed by atoms with E-state index in [1.165, 1.54) is 6.07 Å². The average Bonchev–Trinajstić information content (AvgIpc) is 2.76. The third kappa shape index (κ3) is 2.42. The Kier molecular flexibility index (Phi) is 3.82. The molecule has 110 valence electrons. The van der Waals surface area contributed by atoms with Crippen molar-refractivity contribution in [1.29, 1.82) is 0 Å². The van der Waals surface area contributed by atoms with Crippen LogP contribution in [0.1, 0.15) is 43.9 Å². The van der Waals surface area contributed by atoms with Gasteiger partial charge in [-0.15, -0.1) is 0 Å². The molecule has 1 unspecified atom stereocenters. The van der Waals surface area contributed by atoms with Crippen LogP contribution in [0.5, 0.6) is 0 Å². The molecule has 2 nitrogen and oxygen atoms in total. The first-order valence-corrected chi connectivity index (χ1v) is 6.58. The highest BCUT2D eigenvalue weighted by Gasteiger charge is 2.34. The fourth-order valence-electron chi connectivity index (χ4n) is 2.48. The Balaban J connectivity index is 2.84. The number of alkyl halides is 3. The van der Waals surface area contributed by atoms with E-state index in [0.717, 1.165) is 6.07 Å². The van der Waals surface area contributed by atoms with Crippen LogP contribution in [0.25, 0.3) is 10.9 Å². The summed E-state index contributed by atoms with van der Waals surface area (Å²) in [5, 5.41) is 9.50. The minimum absolute atomic E-state index is 0.0561. The molecule has 20 heavy (non-hydrogen) atoms. The number of hydrogen-bond donors (Lipinski definition) is 1. The van der Waals surface area contributed by atoms with Crippen LogP contribution in [-0.2, 0) is 6.18 Å². The number of aromatic nitrogens is 1. The van der Waals surface area contributed by atoms with Gasteiger partial charge in [-0.05, 0) is 31.5 Å². The second-order valence-electron chi connectivity index (χ2n) is 5.37. The summed E-state index contributed by atoms with van der Waals surface area (Å²) in [6, 6.07) is 4.27. The van der Waals surface area contributed by atoms with Crippen molar-refractivity contribution in [2.45, 2.75) is 38.9 Å². The number of aliphatic hydroxyl groups is 1. The van der Waals surface area contributed by atoms with Crippen LogP contribution in [0, 0.1) is 0 Å². The molecule has 1 heterocycles. The summed E-state index contributed by atoms with van der Waals surface area (Å²) in [6.45, 7) is 5.40. The third-order valence-corrected chi connectivity index (χ3v) is 3.55. The maximum Gasteiger partial charge on any atom is 0.417 e. The summed E-state index contributed by atoms with van der Waals surface area (Å²) >= 11 is 0. The van der Waals surface area contributed by atoms with Crippen molar-refractivity contribution < 1.29 is 18.3 Å². The lowest BCUT2D eigenvalue weighted by atomic mass is 9.98. The molecule has 0 aliphatic rings. The van der Waals surface area contributed by atoms with Crippen LogP contribution < -0.4 is 0 Å². The Morgan fingerprint density at radius 1 is 1.20 bits per heavy atom. The van der Waals surface area contributed by atoms with Crippen molar-refractivity contribution in [3.8, 4) is 0 Å². The molecule has 0 radical (unpaired) electrons. The lowest BCUT2D eigenvalue weighted by molar-refractivity contribution is -0.136. The lowest BCUT2D eigenvalue weighted by Gasteiger charge is -2.13. The van der Waals surface area contributed by atoms with E-state index < -0.39 is 11.7 Å². The largest absolute Gasteiger partial charge is 0.417 e. The van der Waals surface area contributed by atoms with Gasteiger partial charge >= 0.3 is 6.18 Å². The highest BCUT2D eigenvalue weighted by atomic mass is 19.4. The Hall–Kier alpha value is -1.49. The van der Waals surface area contributed by atoms with E-state index in [0.29, 0.717) is 11.1 Å². The zero-order chi connectivity index (χ0) is 15.1. The minimum Gasteiger partial charge on any atom is -0.396 e. The van der Waals surface area contributed by atoms with Gasteiger partial charge in [0.05, 0.1) is 5.56 Å². The number of nitrogens with zero attached hydrogens (tertiary/aromatic N) is 1. The van der Waals surface area contributed by atoms with Crippen molar-refractivity contribution in [2.24, 2.45) is 0 Å². The van der Waals surface area contributed by atoms with Crippen molar-refractivity contribution in [1.82, 2.24) is 4.57 Å². The predicted octanol–water partition coefficient (Wildman–Crippen LogP) is 4.34. The molecule has 0 fully saturated rings. The highest BCUT2D eigenvalue weighted by molar-refractivity contribution is 5.88. The van der Waals surface area contributed by atoms with Gasteiger partial charge in [-0.3, -0.25) is 0 Å². The molecule has 2 rings (SSSR count). The molecule has 1 N–H and O–H groups in total. The maximum absolute atomic E-state index is 13.2. The van der Waals surface area contributed by atoms with Crippen molar-refractivity contribution in [2.75, 3.05) is 6.61 Å². The summed E-state index contributed by atoms with van der Waals surface area (Å²) in [5.74, 6) is -0.332. The van der Waals surface area contributed by atoms with E-state index in [4.69, 9.17) is 0 Å². The SMILES string of the molecule is CC(CO)c1cn(C(C)C)c2cccc(C(F)(F)F)c12. The number of hydrogen-bond acceptors (Lipinski definition) is 1. The maximum atomic E-state index is 13.2. The molecule has 0 amide bonds. The van der Waals surface area contributed by atoms with Crippen LogP contribution in [-0.4, -0.2) is 16.3 Å². The normalized spacial score (nSPS) is 14.2. The monoisotopic (exact) mass is 285 g/mol. The average molecular weight is 285 g/mol. The molecule has 5 heteroatoms. The van der Waals surface area contributed by atoms with Gasteiger partial charge in [0.25, 0.3) is 0 Å². The van der Waals surface area contributed by atoms with E-state index in [1.807, 2.05) is 18.4 Å². The summed E-state index contributed by atoms with van der Waals surface area (Å²) in [7, 11) is 0. The molecule has 0 saturated heterocycles. The Labute approximate surface area is 115 Å². The minimum atomic E-state index is -4.40. The first-order chi connectivity index (χ1) is 9.27. The number of fused-ring (bicyclic) bond motifs is 1. The van der Waals surface area contributed by atoms with E-state index in [9.17, 15) is 18.3 Å². The summed E-state index contributed by atoms with van der Waals surface area (Å²) in [5.41, 5.74) is 0.471. The van der Waals surface area contributed by atoms with Crippen LogP contribution in [0.2, 0.25) is 0 Å². The Morgan fingerprint density at radius 2 is 1.85 bits per heavy atom. The number of halogens is 3. The number of rotatable bonds is 3. The van der Waals surface area contributed by atoms with E-state index >= 15 is 0 Å². The fraction of sp³-hybridized carbons (Fsp3) is 0.467. The molecular weight excluding hydrogens is 267 g/mol. The van der Waals surface area contributed by atoms with Gasteiger partial charge in [-0.25, -0.2) is 0 Å². The predicted molar refractivity (Wildman–Crippen MR) is 72.8 cm³/mol. The summed E-state index contributed by atoms with van der Waals surface area (Å²) < 4.78 is 41.4. The smallest absolute Gasteiger partial charge is 0.396 e. The van der Waals surface area contributed by atoms with Gasteiger partial charge in [-0.1, -0.05) is 13.0 Å². The zero-order valence-corrected chi connectivity index (χ0v) is 11.7. The number of benzene rings is 1. The molecule has 0 bridgehead atoms. The molecule has 1 aromatic carbocycles. The van der Waals surface area contributed by atoms with E-state index in [-0.39, 0.29) is 24.0 Å². The van der Waals surface area contributed by atoms with Gasteiger partial charge in [0.2, 0.25) is 0 Å². The van der Waals surface area contributed by atoms with Crippen LogP contribution >= 0.6 is 0 Å². The molecule has 0 spiro atoms. The summed E-state index contributed by atoms with van der Waals surface area (Å²) in [4.78, 5) is 0. The molecule has 0 saturated carbocycles. The Morgan fingerprint density at radius 3 is 2.35 bits per heavy atom. The van der Waals surface area contributed by atoms with E-state index in [1.54, 1.807) is 19.2 Å². The topological polar surface area (TPSA) is 25.2 Å². The second-order valence-corrected chi connectivity index (χ2v) is 5.37. The standard InChI is InChI=1S/C15H18F3NO/c1-9(2)19-7-11(10(3)8-20)14-12(15(16,17)18)5-4-6-13(14)19/h4-7,9-10,20H,8H2,1-3H3. The van der Waals surface area contributed by atoms with Gasteiger partial charge < -0.3 is 9.67 Å². The van der Waals surface area contributed by atoms with Gasteiger partial charge in [-0.2, -0.15) is 13.2 Å². The van der Waals surface area contributed by atoms with Gasteiger partial charge in [0, 0.05) is 35.7 Å². The quantitative estimate of drug-likeness (QED) is 0.891. The lowest BCUT2D eigenvalue weighted by Crippen LogP contribution is -2.07. The first-order valence-electron chi connectivity index (χ1n) is 6.58. The van der Waals surface area contributed by atoms with Crippen LogP contribution in [0.4, 0.5) is 13.2 Å².